The Labute approximate surface area is 194 Å². The fraction of sp³-hybridized carbons (Fsp3) is 0.318. The van der Waals surface area contributed by atoms with E-state index in [9.17, 15) is 14.3 Å². The maximum atomic E-state index is 13.5. The number of hydrogen-bond donors (Lipinski definition) is 3. The Kier molecular flexibility index (Phi) is 8.21. The summed E-state index contributed by atoms with van der Waals surface area (Å²) in [6.07, 6.45) is 0.709. The molecule has 3 N–H and O–H groups in total. The molecule has 1 aromatic heterocycles. The molecule has 176 valence electrons. The molecule has 0 aliphatic heterocycles. The number of halogens is 2. The van der Waals surface area contributed by atoms with E-state index in [1.807, 2.05) is 0 Å². The Bertz CT molecular complexity index is 1130. The summed E-state index contributed by atoms with van der Waals surface area (Å²) >= 11 is 5.87. The van der Waals surface area contributed by atoms with Gasteiger partial charge in [0.15, 0.2) is 11.5 Å². The number of aliphatic carboxylic acids is 1. The second-order valence-corrected chi connectivity index (χ2v) is 7.73. The van der Waals surface area contributed by atoms with Gasteiger partial charge in [0, 0.05) is 30.2 Å². The molecule has 0 saturated carbocycles. The molecule has 0 fully saturated rings. The third-order valence-electron chi connectivity index (χ3n) is 4.65. The monoisotopic (exact) mass is 478 g/mol. The zero-order valence-electron chi connectivity index (χ0n) is 18.1. The minimum atomic E-state index is -0.993. The van der Waals surface area contributed by atoms with Crippen molar-refractivity contribution in [2.24, 2.45) is 0 Å². The molecule has 0 radical (unpaired) electrons. The number of nitrogens with zero attached hydrogens (tertiary/aromatic N) is 3. The molecule has 2 aromatic carbocycles. The molecule has 1 heterocycles. The number of rotatable bonds is 11. The number of nitrogens with one attached hydrogen (secondary N) is 1. The molecule has 11 heteroatoms. The summed E-state index contributed by atoms with van der Waals surface area (Å²) < 4.78 is 24.8. The van der Waals surface area contributed by atoms with Gasteiger partial charge >= 0.3 is 5.97 Å². The van der Waals surface area contributed by atoms with E-state index in [2.05, 4.69) is 15.3 Å². The highest BCUT2D eigenvalue weighted by Gasteiger charge is 2.15. The van der Waals surface area contributed by atoms with Crippen LogP contribution in [0.2, 0.25) is 5.02 Å². The second kappa shape index (κ2) is 11.1. The maximum absolute atomic E-state index is 13.5. The first kappa shape index (κ1) is 24.4. The van der Waals surface area contributed by atoms with Crippen LogP contribution in [0.1, 0.15) is 6.92 Å². The van der Waals surface area contributed by atoms with Crippen LogP contribution in [0.3, 0.4) is 0 Å². The lowest BCUT2D eigenvalue weighted by molar-refractivity contribution is -0.138. The fourth-order valence-corrected chi connectivity index (χ4v) is 3.41. The Morgan fingerprint density at radius 3 is 2.73 bits per heavy atom. The smallest absolute Gasteiger partial charge is 0.317 e. The quantitative estimate of drug-likeness (QED) is 0.381. The third kappa shape index (κ3) is 6.64. The Balaban J connectivity index is 1.83. The normalized spacial score (nSPS) is 12.1. The van der Waals surface area contributed by atoms with Gasteiger partial charge in [-0.3, -0.25) is 9.69 Å². The van der Waals surface area contributed by atoms with E-state index in [-0.39, 0.29) is 31.3 Å². The highest BCUT2D eigenvalue weighted by Crippen LogP contribution is 2.35. The number of carboxylic acid groups (broad SMARTS) is 1. The number of hydrogen-bond acceptors (Lipinski definition) is 8. The average molecular weight is 479 g/mol. The van der Waals surface area contributed by atoms with Crippen molar-refractivity contribution in [3.05, 3.63) is 47.5 Å². The summed E-state index contributed by atoms with van der Waals surface area (Å²) in [5.74, 6) is -0.211. The number of carbonyl (C=O) groups is 1. The van der Waals surface area contributed by atoms with Crippen LogP contribution in [0.15, 0.2) is 36.7 Å². The van der Waals surface area contributed by atoms with Gasteiger partial charge in [-0.05, 0) is 31.2 Å². The molecule has 0 amide bonds. The van der Waals surface area contributed by atoms with Crippen molar-refractivity contribution < 1.29 is 28.9 Å². The molecular formula is C22H24ClFN4O5. The van der Waals surface area contributed by atoms with E-state index in [0.29, 0.717) is 33.9 Å². The van der Waals surface area contributed by atoms with Crippen molar-refractivity contribution in [1.29, 1.82) is 0 Å². The van der Waals surface area contributed by atoms with E-state index in [4.69, 9.17) is 26.2 Å². The summed E-state index contributed by atoms with van der Waals surface area (Å²) in [4.78, 5) is 21.2. The molecule has 1 atom stereocenters. The van der Waals surface area contributed by atoms with E-state index in [1.54, 1.807) is 24.0 Å². The van der Waals surface area contributed by atoms with Crippen molar-refractivity contribution >= 4 is 40.0 Å². The van der Waals surface area contributed by atoms with Crippen molar-refractivity contribution in [1.82, 2.24) is 14.9 Å². The van der Waals surface area contributed by atoms with Crippen molar-refractivity contribution in [2.75, 3.05) is 38.7 Å². The highest BCUT2D eigenvalue weighted by molar-refractivity contribution is 6.31. The molecule has 0 bridgehead atoms. The van der Waals surface area contributed by atoms with Gasteiger partial charge in [0.2, 0.25) is 0 Å². The van der Waals surface area contributed by atoms with Crippen LogP contribution in [-0.2, 0) is 4.79 Å². The van der Waals surface area contributed by atoms with Gasteiger partial charge in [-0.25, -0.2) is 14.4 Å². The van der Waals surface area contributed by atoms with Gasteiger partial charge in [0.05, 0.1) is 30.3 Å². The van der Waals surface area contributed by atoms with Crippen LogP contribution in [0, 0.1) is 5.82 Å². The Hall–Kier alpha value is -3.21. The molecule has 0 spiro atoms. The molecule has 0 aliphatic rings. The number of aromatic nitrogens is 2. The minimum Gasteiger partial charge on any atom is -0.493 e. The zero-order chi connectivity index (χ0) is 24.0. The van der Waals surface area contributed by atoms with Crippen molar-refractivity contribution in [3.63, 3.8) is 0 Å². The van der Waals surface area contributed by atoms with Crippen LogP contribution in [0.4, 0.5) is 15.9 Å². The van der Waals surface area contributed by atoms with Gasteiger partial charge < -0.3 is 25.0 Å². The number of anilines is 2. The number of methoxy groups -OCH3 is 1. The van der Waals surface area contributed by atoms with Crippen LogP contribution in [0.5, 0.6) is 11.5 Å². The molecule has 9 nitrogen and oxygen atoms in total. The van der Waals surface area contributed by atoms with Gasteiger partial charge in [-0.1, -0.05) is 11.6 Å². The highest BCUT2D eigenvalue weighted by atomic mass is 35.5. The van der Waals surface area contributed by atoms with E-state index in [0.717, 1.165) is 0 Å². The predicted molar refractivity (Wildman–Crippen MR) is 122 cm³/mol. The largest absolute Gasteiger partial charge is 0.493 e. The first-order valence-electron chi connectivity index (χ1n) is 10.1. The average Bonchev–Trinajstić information content (AvgIpc) is 2.75. The maximum Gasteiger partial charge on any atom is 0.317 e. The molecule has 3 aromatic rings. The lowest BCUT2D eigenvalue weighted by Gasteiger charge is -2.22. The van der Waals surface area contributed by atoms with E-state index >= 15 is 0 Å². The number of carboxylic acids is 1. The zero-order valence-corrected chi connectivity index (χ0v) is 18.8. The van der Waals surface area contributed by atoms with Crippen LogP contribution in [-0.4, -0.2) is 70.5 Å². The van der Waals surface area contributed by atoms with Crippen LogP contribution in [0.25, 0.3) is 10.9 Å². The first-order valence-corrected chi connectivity index (χ1v) is 10.4. The van der Waals surface area contributed by atoms with Crippen LogP contribution < -0.4 is 14.8 Å². The van der Waals surface area contributed by atoms with Crippen molar-refractivity contribution in [2.45, 2.75) is 13.0 Å². The molecule has 1 unspecified atom stereocenters. The standard InChI is InChI=1S/C22H24ClFN4O5/c1-13(29)10-28(11-21(30)31)5-6-33-20-8-15-18(9-19(20)32-2)25-12-26-22(15)27-14-3-4-17(24)16(23)7-14/h3-4,7-9,12-13,29H,5-6,10-11H2,1-2H3,(H,30,31)(H,25,26,27). The minimum absolute atomic E-state index is 0.0211. The van der Waals surface area contributed by atoms with Crippen LogP contribution >= 0.6 is 11.6 Å². The number of aliphatic hydroxyl groups is 1. The molecule has 3 rings (SSSR count). The molecule has 0 saturated heterocycles. The molecule has 33 heavy (non-hydrogen) atoms. The number of ether oxygens (including phenoxy) is 2. The summed E-state index contributed by atoms with van der Waals surface area (Å²) in [7, 11) is 1.50. The predicted octanol–water partition coefficient (Wildman–Crippen LogP) is 3.32. The lowest BCUT2D eigenvalue weighted by atomic mass is 10.2. The number of aliphatic hydroxyl groups excluding tert-OH is 1. The second-order valence-electron chi connectivity index (χ2n) is 7.32. The first-order chi connectivity index (χ1) is 15.8. The van der Waals surface area contributed by atoms with E-state index in [1.165, 1.54) is 31.6 Å². The van der Waals surface area contributed by atoms with Crippen molar-refractivity contribution in [3.8, 4) is 11.5 Å². The molecular weight excluding hydrogens is 455 g/mol. The Morgan fingerprint density at radius 2 is 2.06 bits per heavy atom. The van der Waals surface area contributed by atoms with Gasteiger partial charge in [0.1, 0.15) is 24.6 Å². The topological polar surface area (TPSA) is 117 Å². The third-order valence-corrected chi connectivity index (χ3v) is 4.94. The van der Waals surface area contributed by atoms with Gasteiger partial charge in [-0.2, -0.15) is 0 Å². The summed E-state index contributed by atoms with van der Waals surface area (Å²) in [5, 5.41) is 22.4. The van der Waals surface area contributed by atoms with Gasteiger partial charge in [0.25, 0.3) is 0 Å². The summed E-state index contributed by atoms with van der Waals surface area (Å²) in [5.41, 5.74) is 1.13. The van der Waals surface area contributed by atoms with Gasteiger partial charge in [-0.15, -0.1) is 0 Å². The van der Waals surface area contributed by atoms with E-state index < -0.39 is 17.9 Å². The SMILES string of the molecule is COc1cc2ncnc(Nc3ccc(F)c(Cl)c3)c2cc1OCCN(CC(=O)O)CC(C)O. The Morgan fingerprint density at radius 1 is 1.27 bits per heavy atom. The molecule has 0 aliphatic carbocycles. The lowest BCUT2D eigenvalue weighted by Crippen LogP contribution is -2.38. The fourth-order valence-electron chi connectivity index (χ4n) is 3.23. The number of fused-ring (bicyclic) bond motifs is 1. The number of benzene rings is 2. The summed E-state index contributed by atoms with van der Waals surface area (Å²) in [6, 6.07) is 7.64. The summed E-state index contributed by atoms with van der Waals surface area (Å²) in [6.45, 7) is 2.01.